The summed E-state index contributed by atoms with van der Waals surface area (Å²) in [5.41, 5.74) is 0.844. The van der Waals surface area contributed by atoms with Gasteiger partial charge in [-0.1, -0.05) is 29.3 Å². The Hall–Kier alpha value is -2.35. The van der Waals surface area contributed by atoms with Crippen molar-refractivity contribution in [1.82, 2.24) is 9.80 Å². The maximum atomic E-state index is 12.5. The van der Waals surface area contributed by atoms with Crippen LogP contribution in [0.5, 0.6) is 0 Å². The van der Waals surface area contributed by atoms with Crippen molar-refractivity contribution in [2.45, 2.75) is 0 Å². The predicted molar refractivity (Wildman–Crippen MR) is 106 cm³/mol. The number of halogens is 2. The molecule has 2 aromatic rings. The topological polar surface area (TPSA) is 63.0 Å². The van der Waals surface area contributed by atoms with E-state index in [-0.39, 0.29) is 23.3 Å². The molecule has 1 fully saturated rings. The molecule has 3 rings (SSSR count). The fraction of sp³-hybridized carbons (Fsp3) is 0.167. The first-order valence-electron chi connectivity index (χ1n) is 7.75. The minimum atomic E-state index is -0.516. The molecule has 1 aromatic heterocycles. The first kappa shape index (κ1) is 19.4. The Labute approximate surface area is 170 Å². The van der Waals surface area contributed by atoms with Crippen LogP contribution < -0.4 is 0 Å². The SMILES string of the molecule is COC(=O)CN1C(=S)N(C)C(=O)/C1=C/c1ccc(-c2cccc(Cl)c2Cl)o1. The van der Waals surface area contributed by atoms with Crippen molar-refractivity contribution < 1.29 is 18.7 Å². The van der Waals surface area contributed by atoms with E-state index in [0.29, 0.717) is 27.1 Å². The van der Waals surface area contributed by atoms with Gasteiger partial charge in [0.05, 0.1) is 17.2 Å². The van der Waals surface area contributed by atoms with Crippen molar-refractivity contribution in [3.8, 4) is 11.3 Å². The Morgan fingerprint density at radius 3 is 2.74 bits per heavy atom. The third-order valence-electron chi connectivity index (χ3n) is 3.97. The van der Waals surface area contributed by atoms with Gasteiger partial charge < -0.3 is 14.1 Å². The van der Waals surface area contributed by atoms with Crippen molar-refractivity contribution >= 4 is 58.5 Å². The van der Waals surface area contributed by atoms with Gasteiger partial charge in [0.1, 0.15) is 23.8 Å². The minimum absolute atomic E-state index is 0.176. The Balaban J connectivity index is 1.96. The van der Waals surface area contributed by atoms with E-state index >= 15 is 0 Å². The highest BCUT2D eigenvalue weighted by Gasteiger charge is 2.37. The Morgan fingerprint density at radius 2 is 2.04 bits per heavy atom. The maximum absolute atomic E-state index is 12.5. The van der Waals surface area contributed by atoms with Crippen LogP contribution in [0, 0.1) is 0 Å². The molecule has 2 heterocycles. The lowest BCUT2D eigenvalue weighted by Gasteiger charge is -2.16. The predicted octanol–water partition coefficient (Wildman–Crippen LogP) is 3.83. The van der Waals surface area contributed by atoms with Gasteiger partial charge in [0.15, 0.2) is 5.11 Å². The number of carbonyl (C=O) groups excluding carboxylic acids is 2. The highest BCUT2D eigenvalue weighted by atomic mass is 35.5. The van der Waals surface area contributed by atoms with E-state index in [4.69, 9.17) is 39.8 Å². The van der Waals surface area contributed by atoms with Crippen molar-refractivity contribution in [2.24, 2.45) is 0 Å². The van der Waals surface area contributed by atoms with Gasteiger partial charge in [-0.2, -0.15) is 0 Å². The molecule has 0 N–H and O–H groups in total. The zero-order valence-corrected chi connectivity index (χ0v) is 16.7. The number of hydrogen-bond acceptors (Lipinski definition) is 5. The smallest absolute Gasteiger partial charge is 0.325 e. The molecule has 1 saturated heterocycles. The Bertz CT molecular complexity index is 970. The number of thiocarbonyl (C=S) groups is 1. The van der Waals surface area contributed by atoms with Crippen LogP contribution in [0.25, 0.3) is 17.4 Å². The average molecular weight is 425 g/mol. The number of rotatable bonds is 4. The molecule has 1 amide bonds. The molecule has 140 valence electrons. The molecule has 9 heteroatoms. The second-order valence-electron chi connectivity index (χ2n) is 5.64. The fourth-order valence-corrected chi connectivity index (χ4v) is 3.19. The van der Waals surface area contributed by atoms with E-state index in [2.05, 4.69) is 4.74 Å². The van der Waals surface area contributed by atoms with Crippen LogP contribution in [0.2, 0.25) is 10.0 Å². The van der Waals surface area contributed by atoms with Crippen molar-refractivity contribution in [2.75, 3.05) is 20.7 Å². The lowest BCUT2D eigenvalue weighted by molar-refractivity contribution is -0.140. The summed E-state index contributed by atoms with van der Waals surface area (Å²) in [6, 6.07) is 8.62. The van der Waals surface area contributed by atoms with Crippen molar-refractivity contribution in [3.63, 3.8) is 0 Å². The van der Waals surface area contributed by atoms with Crippen LogP contribution >= 0.6 is 35.4 Å². The van der Waals surface area contributed by atoms with Gasteiger partial charge >= 0.3 is 5.97 Å². The van der Waals surface area contributed by atoms with Crippen molar-refractivity contribution in [3.05, 3.63) is 51.8 Å². The summed E-state index contributed by atoms with van der Waals surface area (Å²) in [6.45, 7) is -0.176. The standard InChI is InChI=1S/C18H14Cl2N2O4S/c1-21-17(24)13(22(18(21)27)9-15(23)25-2)8-10-6-7-14(26-10)11-4-3-5-12(19)16(11)20/h3-8H,9H2,1-2H3/b13-8-. The lowest BCUT2D eigenvalue weighted by Crippen LogP contribution is -2.33. The Kier molecular flexibility index (Phi) is 5.55. The molecule has 0 saturated carbocycles. The number of nitrogens with zero attached hydrogens (tertiary/aromatic N) is 2. The van der Waals surface area contributed by atoms with Gasteiger partial charge in [-0.25, -0.2) is 0 Å². The number of methoxy groups -OCH3 is 1. The molecule has 1 aliphatic rings. The molecular weight excluding hydrogens is 411 g/mol. The molecule has 0 unspecified atom stereocenters. The summed E-state index contributed by atoms with van der Waals surface area (Å²) in [7, 11) is 2.80. The molecule has 0 aliphatic carbocycles. The van der Waals surface area contributed by atoms with Gasteiger partial charge in [-0.15, -0.1) is 0 Å². The summed E-state index contributed by atoms with van der Waals surface area (Å²) in [5, 5.41) is 0.992. The second-order valence-corrected chi connectivity index (χ2v) is 6.79. The third-order valence-corrected chi connectivity index (χ3v) is 5.28. The van der Waals surface area contributed by atoms with Gasteiger partial charge in [-0.3, -0.25) is 14.5 Å². The normalized spacial score (nSPS) is 15.8. The van der Waals surface area contributed by atoms with Crippen LogP contribution in [-0.2, 0) is 14.3 Å². The van der Waals surface area contributed by atoms with Gasteiger partial charge in [-0.05, 0) is 36.5 Å². The first-order chi connectivity index (χ1) is 12.8. The van der Waals surface area contributed by atoms with Crippen LogP contribution in [-0.4, -0.2) is 47.5 Å². The molecule has 1 aliphatic heterocycles. The van der Waals surface area contributed by atoms with E-state index in [1.807, 2.05) is 0 Å². The lowest BCUT2D eigenvalue weighted by atomic mass is 10.2. The summed E-state index contributed by atoms with van der Waals surface area (Å²) >= 11 is 17.5. The number of furan rings is 1. The van der Waals surface area contributed by atoms with E-state index in [9.17, 15) is 9.59 Å². The number of likely N-dealkylation sites (N-methyl/N-ethyl adjacent to an activating group) is 1. The molecule has 0 spiro atoms. The number of amides is 1. The van der Waals surface area contributed by atoms with Gasteiger partial charge in [0.2, 0.25) is 0 Å². The van der Waals surface area contributed by atoms with Crippen LogP contribution in [0.4, 0.5) is 0 Å². The number of esters is 1. The zero-order valence-electron chi connectivity index (χ0n) is 14.4. The monoisotopic (exact) mass is 424 g/mol. The summed E-state index contributed by atoms with van der Waals surface area (Å²) < 4.78 is 10.5. The minimum Gasteiger partial charge on any atom is -0.468 e. The van der Waals surface area contributed by atoms with E-state index in [1.165, 1.54) is 30.0 Å². The number of benzene rings is 1. The fourth-order valence-electron chi connectivity index (χ4n) is 2.55. The van der Waals surface area contributed by atoms with Gasteiger partial charge in [0.25, 0.3) is 5.91 Å². The molecular formula is C18H14Cl2N2O4S. The summed E-state index contributed by atoms with van der Waals surface area (Å²) in [4.78, 5) is 26.8. The van der Waals surface area contributed by atoms with Crippen LogP contribution in [0.1, 0.15) is 5.76 Å². The quantitative estimate of drug-likeness (QED) is 0.422. The highest BCUT2D eigenvalue weighted by molar-refractivity contribution is 7.80. The number of carbonyl (C=O) groups is 2. The van der Waals surface area contributed by atoms with E-state index < -0.39 is 5.97 Å². The van der Waals surface area contributed by atoms with Crippen LogP contribution in [0.3, 0.4) is 0 Å². The highest BCUT2D eigenvalue weighted by Crippen LogP contribution is 2.35. The summed E-state index contributed by atoms with van der Waals surface area (Å²) in [6.07, 6.45) is 1.52. The molecule has 6 nitrogen and oxygen atoms in total. The average Bonchev–Trinajstić information content (AvgIpc) is 3.19. The maximum Gasteiger partial charge on any atom is 0.325 e. The third kappa shape index (κ3) is 3.71. The largest absolute Gasteiger partial charge is 0.468 e. The molecule has 27 heavy (non-hydrogen) atoms. The van der Waals surface area contributed by atoms with Gasteiger partial charge in [0, 0.05) is 18.7 Å². The van der Waals surface area contributed by atoms with E-state index in [1.54, 1.807) is 30.3 Å². The number of ether oxygens (including phenoxy) is 1. The molecule has 0 bridgehead atoms. The molecule has 0 radical (unpaired) electrons. The Morgan fingerprint density at radius 1 is 1.30 bits per heavy atom. The number of hydrogen-bond donors (Lipinski definition) is 0. The van der Waals surface area contributed by atoms with Crippen LogP contribution in [0.15, 0.2) is 40.4 Å². The molecule has 0 atom stereocenters. The van der Waals surface area contributed by atoms with E-state index in [0.717, 1.165) is 0 Å². The summed E-state index contributed by atoms with van der Waals surface area (Å²) in [5.74, 6) is 0.0347. The second kappa shape index (κ2) is 7.72. The van der Waals surface area contributed by atoms with Crippen molar-refractivity contribution in [1.29, 1.82) is 0 Å². The molecule has 1 aromatic carbocycles. The first-order valence-corrected chi connectivity index (χ1v) is 8.92. The zero-order chi connectivity index (χ0) is 19.7.